The van der Waals surface area contributed by atoms with Crippen molar-refractivity contribution in [2.45, 2.75) is 24.8 Å². The largest absolute Gasteiger partial charge is 0.469 e. The summed E-state index contributed by atoms with van der Waals surface area (Å²) in [7, 11) is 1.50. The normalized spacial score (nSPS) is 44.1. The van der Waals surface area contributed by atoms with Crippen LogP contribution in [0.2, 0.25) is 0 Å². The fourth-order valence-corrected chi connectivity index (χ4v) is 3.64. The van der Waals surface area contributed by atoms with Gasteiger partial charge in [0.05, 0.1) is 12.5 Å². The number of ether oxygens (including phenoxy) is 1. The Balaban J connectivity index is 1.62. The molecule has 84 valence electrons. The summed E-state index contributed by atoms with van der Waals surface area (Å²) in [6.07, 6.45) is 3.10. The molecule has 0 spiro atoms. The number of carbonyl (C=O) groups is 1. The van der Waals surface area contributed by atoms with Gasteiger partial charge in [-0.15, -0.1) is 0 Å². The topological polar surface area (TPSA) is 41.6 Å². The molecule has 1 N–H and O–H groups in total. The monoisotopic (exact) mass is 210 g/mol. The number of methoxy groups -OCH3 is 1. The minimum Gasteiger partial charge on any atom is -0.469 e. The number of esters is 1. The second kappa shape index (κ2) is 2.95. The highest BCUT2D eigenvalue weighted by Crippen LogP contribution is 2.70. The quantitative estimate of drug-likeness (QED) is 0.651. The van der Waals surface area contributed by atoms with E-state index in [4.69, 9.17) is 4.74 Å². The van der Waals surface area contributed by atoms with Crippen LogP contribution in [0.4, 0.5) is 0 Å². The third-order valence-electron chi connectivity index (χ3n) is 4.41. The van der Waals surface area contributed by atoms with Crippen molar-refractivity contribution < 1.29 is 9.53 Å². The van der Waals surface area contributed by atoms with Crippen LogP contribution in [0, 0.1) is 5.41 Å². The lowest BCUT2D eigenvalue weighted by atomic mass is 9.38. The van der Waals surface area contributed by atoms with Crippen molar-refractivity contribution in [2.75, 3.05) is 33.3 Å². The minimum atomic E-state index is -0.0837. The predicted molar refractivity (Wildman–Crippen MR) is 55.5 cm³/mol. The molecule has 4 fully saturated rings. The van der Waals surface area contributed by atoms with Crippen LogP contribution in [0.5, 0.6) is 0 Å². The summed E-state index contributed by atoms with van der Waals surface area (Å²) in [5.41, 5.74) is 0.288. The minimum absolute atomic E-state index is 0.0134. The summed E-state index contributed by atoms with van der Waals surface area (Å²) in [6, 6.07) is 0. The number of rotatable bonds is 2. The number of hydrogen-bond donors (Lipinski definition) is 1. The molecule has 1 saturated heterocycles. The second-order valence-corrected chi connectivity index (χ2v) is 5.26. The molecule has 4 aliphatic rings. The molecule has 1 aliphatic heterocycles. The van der Waals surface area contributed by atoms with Crippen LogP contribution < -0.4 is 5.32 Å². The predicted octanol–water partition coefficient (Wildman–Crippen LogP) is -0.0127. The van der Waals surface area contributed by atoms with Gasteiger partial charge in [-0.25, -0.2) is 0 Å². The van der Waals surface area contributed by atoms with Crippen molar-refractivity contribution in [3.05, 3.63) is 0 Å². The lowest BCUT2D eigenvalue weighted by molar-refractivity contribution is -0.235. The maximum Gasteiger partial charge on any atom is 0.312 e. The van der Waals surface area contributed by atoms with E-state index in [9.17, 15) is 4.79 Å². The molecule has 4 nitrogen and oxygen atoms in total. The Hall–Kier alpha value is -0.610. The van der Waals surface area contributed by atoms with Crippen molar-refractivity contribution in [3.63, 3.8) is 0 Å². The summed E-state index contributed by atoms with van der Waals surface area (Å²) in [6.45, 7) is 4.45. The molecule has 0 aromatic heterocycles. The molecule has 0 radical (unpaired) electrons. The van der Waals surface area contributed by atoms with E-state index in [1.807, 2.05) is 0 Å². The van der Waals surface area contributed by atoms with Gasteiger partial charge in [0.2, 0.25) is 0 Å². The first-order chi connectivity index (χ1) is 7.21. The van der Waals surface area contributed by atoms with Gasteiger partial charge in [-0.3, -0.25) is 9.69 Å². The molecule has 4 heteroatoms. The summed E-state index contributed by atoms with van der Waals surface area (Å²) < 4.78 is 4.86. The smallest absolute Gasteiger partial charge is 0.312 e. The fourth-order valence-electron chi connectivity index (χ4n) is 3.64. The Morgan fingerprint density at radius 3 is 2.40 bits per heavy atom. The van der Waals surface area contributed by atoms with E-state index in [1.165, 1.54) is 7.11 Å². The second-order valence-electron chi connectivity index (χ2n) is 5.26. The molecular weight excluding hydrogens is 192 g/mol. The highest BCUT2D eigenvalue weighted by molar-refractivity contribution is 5.82. The van der Waals surface area contributed by atoms with Gasteiger partial charge in [-0.1, -0.05) is 0 Å². The molecule has 4 rings (SSSR count). The Kier molecular flexibility index (Phi) is 1.89. The van der Waals surface area contributed by atoms with E-state index >= 15 is 0 Å². The molecule has 3 saturated carbocycles. The number of piperazine rings is 1. The Labute approximate surface area is 90.0 Å². The molecule has 2 bridgehead atoms. The van der Waals surface area contributed by atoms with Crippen molar-refractivity contribution in [2.24, 2.45) is 5.41 Å². The third-order valence-corrected chi connectivity index (χ3v) is 4.41. The van der Waals surface area contributed by atoms with Gasteiger partial charge in [0.15, 0.2) is 0 Å². The van der Waals surface area contributed by atoms with E-state index in [1.54, 1.807) is 0 Å². The first-order valence-electron chi connectivity index (χ1n) is 5.75. The number of hydrogen-bond acceptors (Lipinski definition) is 4. The molecule has 0 unspecified atom stereocenters. The number of carbonyl (C=O) groups excluding carboxylic acids is 1. The van der Waals surface area contributed by atoms with E-state index in [-0.39, 0.29) is 11.4 Å². The summed E-state index contributed by atoms with van der Waals surface area (Å²) in [5.74, 6) is 0.0134. The number of nitrogens with one attached hydrogen (secondary N) is 1. The first-order valence-corrected chi connectivity index (χ1v) is 5.75. The molecule has 3 aliphatic carbocycles. The van der Waals surface area contributed by atoms with Gasteiger partial charge in [0.1, 0.15) is 0 Å². The van der Waals surface area contributed by atoms with Gasteiger partial charge in [0, 0.05) is 31.7 Å². The third kappa shape index (κ3) is 1.12. The van der Waals surface area contributed by atoms with E-state index < -0.39 is 0 Å². The molecule has 0 amide bonds. The maximum absolute atomic E-state index is 11.5. The summed E-state index contributed by atoms with van der Waals surface area (Å²) in [4.78, 5) is 14.1. The highest BCUT2D eigenvalue weighted by Gasteiger charge is 2.74. The molecular formula is C11H18N2O2. The van der Waals surface area contributed by atoms with E-state index in [2.05, 4.69) is 10.2 Å². The Bertz CT molecular complexity index is 277. The van der Waals surface area contributed by atoms with Gasteiger partial charge in [0.25, 0.3) is 0 Å². The van der Waals surface area contributed by atoms with Crippen LogP contribution in [0.3, 0.4) is 0 Å². The zero-order chi connectivity index (χ0) is 10.5. The first kappa shape index (κ1) is 9.60. The summed E-state index contributed by atoms with van der Waals surface area (Å²) in [5, 5.41) is 3.36. The van der Waals surface area contributed by atoms with Gasteiger partial charge < -0.3 is 10.1 Å². The standard InChI is InChI=1S/C11H18N2O2/c1-15-9(14)10-6-11(7-10,8-10)13-4-2-12-3-5-13/h12H,2-8H2,1H3. The molecule has 0 atom stereocenters. The van der Waals surface area contributed by atoms with Crippen molar-refractivity contribution >= 4 is 5.97 Å². The van der Waals surface area contributed by atoms with Crippen molar-refractivity contribution in [1.82, 2.24) is 10.2 Å². The van der Waals surface area contributed by atoms with Crippen molar-refractivity contribution in [3.8, 4) is 0 Å². The van der Waals surface area contributed by atoms with Crippen LogP contribution in [-0.2, 0) is 9.53 Å². The highest BCUT2D eigenvalue weighted by atomic mass is 16.5. The van der Waals surface area contributed by atoms with Crippen LogP contribution in [0.1, 0.15) is 19.3 Å². The lowest BCUT2D eigenvalue weighted by Gasteiger charge is -2.72. The van der Waals surface area contributed by atoms with E-state index in [0.29, 0.717) is 5.54 Å². The molecule has 1 heterocycles. The average molecular weight is 210 g/mol. The Morgan fingerprint density at radius 1 is 1.27 bits per heavy atom. The zero-order valence-electron chi connectivity index (χ0n) is 9.21. The van der Waals surface area contributed by atoms with Gasteiger partial charge in [-0.2, -0.15) is 0 Å². The zero-order valence-corrected chi connectivity index (χ0v) is 9.21. The lowest BCUT2D eigenvalue weighted by Crippen LogP contribution is -2.78. The van der Waals surface area contributed by atoms with Crippen LogP contribution in [0.25, 0.3) is 0 Å². The van der Waals surface area contributed by atoms with Crippen LogP contribution in [0.15, 0.2) is 0 Å². The van der Waals surface area contributed by atoms with Gasteiger partial charge >= 0.3 is 5.97 Å². The fraction of sp³-hybridized carbons (Fsp3) is 0.909. The van der Waals surface area contributed by atoms with Crippen LogP contribution >= 0.6 is 0 Å². The molecule has 0 aromatic carbocycles. The molecule has 15 heavy (non-hydrogen) atoms. The van der Waals surface area contributed by atoms with Crippen LogP contribution in [-0.4, -0.2) is 49.7 Å². The van der Waals surface area contributed by atoms with Gasteiger partial charge in [-0.05, 0) is 19.3 Å². The summed E-state index contributed by atoms with van der Waals surface area (Å²) >= 11 is 0. The Morgan fingerprint density at radius 2 is 1.87 bits per heavy atom. The average Bonchev–Trinajstić information content (AvgIpc) is 2.15. The number of nitrogens with zero attached hydrogens (tertiary/aromatic N) is 1. The maximum atomic E-state index is 11.5. The van der Waals surface area contributed by atoms with E-state index in [0.717, 1.165) is 45.4 Å². The molecule has 0 aromatic rings. The SMILES string of the molecule is COC(=O)C12CC(N3CCNCC3)(C1)C2. The van der Waals surface area contributed by atoms with Crippen molar-refractivity contribution in [1.29, 1.82) is 0 Å².